The van der Waals surface area contributed by atoms with Crippen LogP contribution in [0.15, 0.2) is 54.7 Å². The highest BCUT2D eigenvalue weighted by Crippen LogP contribution is 2.34. The summed E-state index contributed by atoms with van der Waals surface area (Å²) in [5, 5.41) is 0.610. The van der Waals surface area contributed by atoms with Crippen LogP contribution in [0.5, 0.6) is 0 Å². The molecular weight excluding hydrogens is 455 g/mol. The first-order valence-corrected chi connectivity index (χ1v) is 10.6. The fraction of sp³-hybridized carbons (Fsp3) is 0.217. The minimum Gasteiger partial charge on any atom is -0.334 e. The minimum absolute atomic E-state index is 0.153. The van der Waals surface area contributed by atoms with Gasteiger partial charge >= 0.3 is 6.18 Å². The van der Waals surface area contributed by atoms with Crippen LogP contribution >= 0.6 is 11.6 Å². The van der Waals surface area contributed by atoms with Gasteiger partial charge in [-0.05, 0) is 61.4 Å². The molecule has 4 aromatic rings. The Hall–Kier alpha value is -3.46. The summed E-state index contributed by atoms with van der Waals surface area (Å²) in [5.74, 6) is -0.826. The summed E-state index contributed by atoms with van der Waals surface area (Å²) < 4.78 is 38.9. The number of hydrogen-bond acceptors (Lipinski definition) is 4. The molecule has 0 spiro atoms. The Morgan fingerprint density at radius 3 is 2.64 bits per heavy atom. The summed E-state index contributed by atoms with van der Waals surface area (Å²) in [5.41, 5.74) is 2.13. The molecule has 2 aromatic heterocycles. The Balaban J connectivity index is 1.43. The van der Waals surface area contributed by atoms with Gasteiger partial charge in [0.25, 0.3) is 5.91 Å². The second-order valence-corrected chi connectivity index (χ2v) is 8.22. The second kappa shape index (κ2) is 8.15. The van der Waals surface area contributed by atoms with E-state index in [1.807, 2.05) is 12.1 Å². The highest BCUT2D eigenvalue weighted by Gasteiger charge is 2.35. The third kappa shape index (κ3) is 4.16. The summed E-state index contributed by atoms with van der Waals surface area (Å²) >= 11 is 5.96. The lowest BCUT2D eigenvalue weighted by Crippen LogP contribution is -2.31. The molecule has 1 aliphatic rings. The molecule has 33 heavy (non-hydrogen) atoms. The fourth-order valence-electron chi connectivity index (χ4n) is 4.06. The van der Waals surface area contributed by atoms with E-state index < -0.39 is 12.0 Å². The van der Waals surface area contributed by atoms with Crippen LogP contribution in [0.2, 0.25) is 5.02 Å². The first-order valence-electron chi connectivity index (χ1n) is 10.3. The number of amides is 1. The number of carbonyl (C=O) groups excluding carboxylic acids is 1. The molecule has 0 radical (unpaired) electrons. The molecule has 6 nitrogen and oxygen atoms in total. The maximum Gasteiger partial charge on any atom is 0.449 e. The van der Waals surface area contributed by atoms with Crippen molar-refractivity contribution >= 4 is 28.5 Å². The number of halogens is 4. The van der Waals surface area contributed by atoms with Gasteiger partial charge in [-0.15, -0.1) is 0 Å². The average molecular weight is 472 g/mol. The van der Waals surface area contributed by atoms with Gasteiger partial charge in [-0.1, -0.05) is 11.6 Å². The van der Waals surface area contributed by atoms with Crippen LogP contribution in [0.25, 0.3) is 22.4 Å². The number of H-pyrrole nitrogens is 1. The lowest BCUT2D eigenvalue weighted by atomic mass is 10.1. The van der Waals surface area contributed by atoms with Crippen molar-refractivity contribution in [1.29, 1.82) is 0 Å². The van der Waals surface area contributed by atoms with Crippen LogP contribution in [0, 0.1) is 0 Å². The number of rotatable bonds is 3. The summed E-state index contributed by atoms with van der Waals surface area (Å²) in [6, 6.07) is 13.0. The molecule has 1 aliphatic heterocycles. The Morgan fingerprint density at radius 2 is 1.88 bits per heavy atom. The van der Waals surface area contributed by atoms with E-state index in [1.165, 1.54) is 18.2 Å². The zero-order chi connectivity index (χ0) is 23.2. The van der Waals surface area contributed by atoms with Gasteiger partial charge in [-0.3, -0.25) is 4.79 Å². The van der Waals surface area contributed by atoms with Crippen LogP contribution in [0.4, 0.5) is 13.2 Å². The third-order valence-electron chi connectivity index (χ3n) is 5.63. The summed E-state index contributed by atoms with van der Waals surface area (Å²) in [4.78, 5) is 29.8. The molecule has 1 amide bonds. The van der Waals surface area contributed by atoms with Crippen molar-refractivity contribution in [2.24, 2.45) is 0 Å². The van der Waals surface area contributed by atoms with Gasteiger partial charge in [-0.2, -0.15) is 13.2 Å². The molecule has 1 unspecified atom stereocenters. The number of imidazole rings is 1. The smallest absolute Gasteiger partial charge is 0.334 e. The zero-order valence-electron chi connectivity index (χ0n) is 17.1. The van der Waals surface area contributed by atoms with E-state index in [4.69, 9.17) is 11.6 Å². The fourth-order valence-corrected chi connectivity index (χ4v) is 4.18. The van der Waals surface area contributed by atoms with Crippen LogP contribution < -0.4 is 0 Å². The van der Waals surface area contributed by atoms with E-state index in [0.29, 0.717) is 28.6 Å². The van der Waals surface area contributed by atoms with Crippen LogP contribution in [0.3, 0.4) is 0 Å². The topological polar surface area (TPSA) is 74.8 Å². The minimum atomic E-state index is -4.59. The van der Waals surface area contributed by atoms with Crippen molar-refractivity contribution in [3.05, 3.63) is 76.8 Å². The van der Waals surface area contributed by atoms with Crippen molar-refractivity contribution in [1.82, 2.24) is 24.8 Å². The summed E-state index contributed by atoms with van der Waals surface area (Å²) in [6.07, 6.45) is -1.41. The van der Waals surface area contributed by atoms with Crippen molar-refractivity contribution < 1.29 is 18.0 Å². The normalized spacial score (nSPS) is 16.5. The maximum atomic E-state index is 13.3. The van der Waals surface area contributed by atoms with Crippen molar-refractivity contribution in [2.75, 3.05) is 6.54 Å². The summed E-state index contributed by atoms with van der Waals surface area (Å²) in [7, 11) is 0. The molecule has 5 rings (SSSR count). The van der Waals surface area contributed by atoms with Crippen LogP contribution in [0.1, 0.15) is 40.8 Å². The van der Waals surface area contributed by atoms with Gasteiger partial charge in [0.1, 0.15) is 0 Å². The molecular formula is C23H17ClF3N5O. The molecule has 1 N–H and O–H groups in total. The monoisotopic (exact) mass is 471 g/mol. The van der Waals surface area contributed by atoms with E-state index in [2.05, 4.69) is 19.9 Å². The van der Waals surface area contributed by atoms with Crippen molar-refractivity contribution in [3.8, 4) is 11.4 Å². The first kappa shape index (κ1) is 21.4. The molecule has 168 valence electrons. The van der Waals surface area contributed by atoms with E-state index in [9.17, 15) is 18.0 Å². The molecule has 3 heterocycles. The number of nitrogens with zero attached hydrogens (tertiary/aromatic N) is 4. The molecule has 0 saturated carbocycles. The molecule has 10 heteroatoms. The lowest BCUT2D eigenvalue weighted by molar-refractivity contribution is -0.144. The number of aromatic amines is 1. The largest absolute Gasteiger partial charge is 0.449 e. The molecule has 2 aromatic carbocycles. The summed E-state index contributed by atoms with van der Waals surface area (Å²) in [6.45, 7) is 0.526. The Morgan fingerprint density at radius 1 is 1.09 bits per heavy atom. The predicted molar refractivity (Wildman–Crippen MR) is 117 cm³/mol. The van der Waals surface area contributed by atoms with E-state index in [1.54, 1.807) is 29.3 Å². The van der Waals surface area contributed by atoms with Gasteiger partial charge in [-0.25, -0.2) is 15.0 Å². The molecule has 0 aliphatic carbocycles. The molecule has 0 bridgehead atoms. The van der Waals surface area contributed by atoms with Gasteiger partial charge in [0.05, 0.1) is 22.8 Å². The Labute approximate surface area is 191 Å². The second-order valence-electron chi connectivity index (χ2n) is 7.78. The number of aromatic nitrogens is 4. The van der Waals surface area contributed by atoms with Crippen molar-refractivity contribution in [2.45, 2.75) is 25.1 Å². The molecule has 1 fully saturated rings. The highest BCUT2D eigenvalue weighted by atomic mass is 35.5. The molecule has 1 atom stereocenters. The van der Waals surface area contributed by atoms with E-state index in [0.717, 1.165) is 18.4 Å². The number of carbonyl (C=O) groups is 1. The number of fused-ring (bicyclic) bond motifs is 1. The lowest BCUT2D eigenvalue weighted by Gasteiger charge is -2.24. The van der Waals surface area contributed by atoms with Crippen LogP contribution in [-0.2, 0) is 6.18 Å². The van der Waals surface area contributed by atoms with Gasteiger partial charge in [0.2, 0.25) is 5.82 Å². The number of likely N-dealkylation sites (tertiary alicyclic amines) is 1. The van der Waals surface area contributed by atoms with Gasteiger partial charge in [0.15, 0.2) is 5.82 Å². The third-order valence-corrected chi connectivity index (χ3v) is 5.88. The molecule has 1 saturated heterocycles. The number of benzene rings is 2. The quantitative estimate of drug-likeness (QED) is 0.418. The highest BCUT2D eigenvalue weighted by molar-refractivity contribution is 6.30. The standard InChI is InChI=1S/C23H17ClF3N5O/c24-15-6-3-13(4-7-15)20-28-10-9-17(29-20)19-2-1-11-32(19)21(33)14-5-8-16-18(12-14)31-22(30-16)23(25,26)27/h3-10,12,19H,1-2,11H2,(H,30,31). The predicted octanol–water partition coefficient (Wildman–Crippen LogP) is 5.67. The zero-order valence-corrected chi connectivity index (χ0v) is 17.9. The number of nitrogens with one attached hydrogen (secondary N) is 1. The Bertz CT molecular complexity index is 1340. The van der Waals surface area contributed by atoms with Gasteiger partial charge < -0.3 is 9.88 Å². The Kier molecular flexibility index (Phi) is 5.28. The van der Waals surface area contributed by atoms with Crippen molar-refractivity contribution in [3.63, 3.8) is 0 Å². The SMILES string of the molecule is O=C(c1ccc2nc(C(F)(F)F)[nH]c2c1)N1CCCC1c1ccnc(-c2ccc(Cl)cc2)n1. The van der Waals surface area contributed by atoms with Gasteiger partial charge in [0, 0.05) is 28.9 Å². The van der Waals surface area contributed by atoms with E-state index >= 15 is 0 Å². The average Bonchev–Trinajstić information content (AvgIpc) is 3.46. The number of alkyl halides is 3. The van der Waals surface area contributed by atoms with E-state index in [-0.39, 0.29) is 23.0 Å². The number of hydrogen-bond donors (Lipinski definition) is 1. The van der Waals surface area contributed by atoms with Crippen LogP contribution in [-0.4, -0.2) is 37.3 Å². The maximum absolute atomic E-state index is 13.3. The first-order chi connectivity index (χ1) is 15.8.